The summed E-state index contributed by atoms with van der Waals surface area (Å²) in [6.07, 6.45) is 7.46. The van der Waals surface area contributed by atoms with Crippen LogP contribution in [0.1, 0.15) is 5.56 Å². The van der Waals surface area contributed by atoms with E-state index >= 15 is 0 Å². The summed E-state index contributed by atoms with van der Waals surface area (Å²) in [5, 5.41) is 22.0. The highest BCUT2D eigenvalue weighted by molar-refractivity contribution is 5.82. The average Bonchev–Trinajstić information content (AvgIpc) is 2.53. The standard InChI is InChI=1S/C17H17NO4/c19-16(20)14-11-7-9-13(15(14)17(21)22)18-12(11)8-6-10-4-2-1-3-5-10/h1-9,11-15,18H,(H,19,20)(H,21,22)/b8-6+/t11-,12-,13+,14+,15-/m0/s1. The first-order chi connectivity index (χ1) is 10.6. The molecule has 1 aromatic rings. The molecule has 1 fully saturated rings. The molecule has 5 heteroatoms. The van der Waals surface area contributed by atoms with Gasteiger partial charge in [0.15, 0.2) is 0 Å². The van der Waals surface area contributed by atoms with Gasteiger partial charge in [-0.2, -0.15) is 0 Å². The number of piperidine rings is 1. The third-order valence-corrected chi connectivity index (χ3v) is 4.39. The van der Waals surface area contributed by atoms with E-state index in [1.54, 1.807) is 6.08 Å². The number of carboxylic acids is 2. The van der Waals surface area contributed by atoms with Crippen molar-refractivity contribution in [3.8, 4) is 0 Å². The molecule has 5 nitrogen and oxygen atoms in total. The summed E-state index contributed by atoms with van der Waals surface area (Å²) in [5.74, 6) is -4.30. The van der Waals surface area contributed by atoms with E-state index < -0.39 is 29.8 Å². The summed E-state index contributed by atoms with van der Waals surface area (Å²) < 4.78 is 0. The molecule has 22 heavy (non-hydrogen) atoms. The van der Waals surface area contributed by atoms with Crippen molar-refractivity contribution in [1.29, 1.82) is 0 Å². The lowest BCUT2D eigenvalue weighted by atomic mass is 9.66. The van der Waals surface area contributed by atoms with Crippen LogP contribution in [-0.2, 0) is 9.59 Å². The largest absolute Gasteiger partial charge is 0.481 e. The van der Waals surface area contributed by atoms with Gasteiger partial charge in [0.05, 0.1) is 11.8 Å². The Morgan fingerprint density at radius 2 is 1.68 bits per heavy atom. The molecule has 1 saturated heterocycles. The van der Waals surface area contributed by atoms with E-state index in [0.717, 1.165) is 5.56 Å². The van der Waals surface area contributed by atoms with Gasteiger partial charge in [0.25, 0.3) is 0 Å². The van der Waals surface area contributed by atoms with Crippen molar-refractivity contribution in [3.05, 3.63) is 54.1 Å². The van der Waals surface area contributed by atoms with Gasteiger partial charge in [-0.25, -0.2) is 0 Å². The fourth-order valence-corrected chi connectivity index (χ4v) is 3.37. The summed E-state index contributed by atoms with van der Waals surface area (Å²) in [4.78, 5) is 22.9. The molecule has 2 aliphatic heterocycles. The molecule has 114 valence electrons. The topological polar surface area (TPSA) is 86.6 Å². The number of carbonyl (C=O) groups is 2. The molecule has 0 unspecified atom stereocenters. The fourth-order valence-electron chi connectivity index (χ4n) is 3.37. The van der Waals surface area contributed by atoms with Crippen molar-refractivity contribution in [2.75, 3.05) is 0 Å². The van der Waals surface area contributed by atoms with Gasteiger partial charge in [0.1, 0.15) is 0 Å². The highest BCUT2D eigenvalue weighted by atomic mass is 16.4. The maximum absolute atomic E-state index is 11.5. The van der Waals surface area contributed by atoms with E-state index in [1.807, 2.05) is 48.6 Å². The molecule has 3 aliphatic rings. The zero-order valence-corrected chi connectivity index (χ0v) is 11.8. The number of carboxylic acid groups (broad SMARTS) is 2. The van der Waals surface area contributed by atoms with Gasteiger partial charge in [0.2, 0.25) is 0 Å². The van der Waals surface area contributed by atoms with Crippen LogP contribution in [0.2, 0.25) is 0 Å². The van der Waals surface area contributed by atoms with Crippen LogP contribution in [0, 0.1) is 17.8 Å². The molecule has 4 rings (SSSR count). The van der Waals surface area contributed by atoms with Crippen molar-refractivity contribution < 1.29 is 19.8 Å². The van der Waals surface area contributed by atoms with Crippen LogP contribution in [0.4, 0.5) is 0 Å². The molecular weight excluding hydrogens is 282 g/mol. The first-order valence-corrected chi connectivity index (χ1v) is 7.21. The summed E-state index contributed by atoms with van der Waals surface area (Å²) >= 11 is 0. The second kappa shape index (κ2) is 5.77. The Morgan fingerprint density at radius 1 is 1.00 bits per heavy atom. The number of benzene rings is 1. The first-order valence-electron chi connectivity index (χ1n) is 7.21. The molecular formula is C17H17NO4. The van der Waals surface area contributed by atoms with Crippen LogP contribution >= 0.6 is 0 Å². The van der Waals surface area contributed by atoms with Crippen LogP contribution in [-0.4, -0.2) is 34.2 Å². The summed E-state index contributed by atoms with van der Waals surface area (Å²) in [6, 6.07) is 9.09. The fraction of sp³-hybridized carbons (Fsp3) is 0.294. The zero-order chi connectivity index (χ0) is 15.7. The molecule has 0 radical (unpaired) electrons. The number of nitrogens with one attached hydrogen (secondary N) is 1. The monoisotopic (exact) mass is 299 g/mol. The predicted octanol–water partition coefficient (Wildman–Crippen LogP) is 1.63. The van der Waals surface area contributed by atoms with Crippen LogP contribution in [0.15, 0.2) is 48.6 Å². The van der Waals surface area contributed by atoms with E-state index in [4.69, 9.17) is 0 Å². The Morgan fingerprint density at radius 3 is 2.32 bits per heavy atom. The maximum atomic E-state index is 11.5. The van der Waals surface area contributed by atoms with Gasteiger partial charge in [0, 0.05) is 18.0 Å². The van der Waals surface area contributed by atoms with Gasteiger partial charge in [-0.3, -0.25) is 9.59 Å². The van der Waals surface area contributed by atoms with Crippen molar-refractivity contribution in [2.24, 2.45) is 17.8 Å². The molecule has 5 atom stereocenters. The zero-order valence-electron chi connectivity index (χ0n) is 11.8. The highest BCUT2D eigenvalue weighted by Crippen LogP contribution is 2.38. The lowest BCUT2D eigenvalue weighted by Gasteiger charge is -2.45. The average molecular weight is 299 g/mol. The maximum Gasteiger partial charge on any atom is 0.309 e. The third-order valence-electron chi connectivity index (χ3n) is 4.39. The minimum Gasteiger partial charge on any atom is -0.481 e. The van der Waals surface area contributed by atoms with Crippen molar-refractivity contribution in [3.63, 3.8) is 0 Å². The van der Waals surface area contributed by atoms with Crippen molar-refractivity contribution in [1.82, 2.24) is 5.32 Å². The molecule has 0 spiro atoms. The van der Waals surface area contributed by atoms with E-state index in [9.17, 15) is 19.8 Å². The smallest absolute Gasteiger partial charge is 0.309 e. The van der Waals surface area contributed by atoms with Crippen molar-refractivity contribution in [2.45, 2.75) is 12.1 Å². The normalized spacial score (nSPS) is 33.2. The number of hydrogen-bond donors (Lipinski definition) is 3. The number of hydrogen-bond acceptors (Lipinski definition) is 3. The Hall–Kier alpha value is -2.40. The Bertz CT molecular complexity index is 637. The molecule has 1 aromatic carbocycles. The van der Waals surface area contributed by atoms with Crippen molar-refractivity contribution >= 4 is 18.0 Å². The van der Waals surface area contributed by atoms with Gasteiger partial charge in [-0.05, 0) is 5.56 Å². The molecule has 3 N–H and O–H groups in total. The van der Waals surface area contributed by atoms with Gasteiger partial charge >= 0.3 is 11.9 Å². The molecule has 2 heterocycles. The predicted molar refractivity (Wildman–Crippen MR) is 81.1 cm³/mol. The van der Waals surface area contributed by atoms with Crippen LogP contribution in [0.25, 0.3) is 6.08 Å². The van der Waals surface area contributed by atoms with E-state index in [2.05, 4.69) is 5.32 Å². The number of rotatable bonds is 4. The van der Waals surface area contributed by atoms with E-state index in [1.165, 1.54) is 0 Å². The van der Waals surface area contributed by atoms with Crippen LogP contribution < -0.4 is 5.32 Å². The Kier molecular flexibility index (Phi) is 3.81. The van der Waals surface area contributed by atoms with E-state index in [0.29, 0.717) is 0 Å². The summed E-state index contributed by atoms with van der Waals surface area (Å²) in [6.45, 7) is 0. The second-order valence-corrected chi connectivity index (χ2v) is 5.68. The molecule has 0 aromatic heterocycles. The number of fused-ring (bicyclic) bond motifs is 2. The van der Waals surface area contributed by atoms with Gasteiger partial charge < -0.3 is 15.5 Å². The van der Waals surface area contributed by atoms with E-state index in [-0.39, 0.29) is 12.0 Å². The second-order valence-electron chi connectivity index (χ2n) is 5.68. The van der Waals surface area contributed by atoms with Gasteiger partial charge in [-0.1, -0.05) is 54.6 Å². The van der Waals surface area contributed by atoms with Crippen LogP contribution in [0.5, 0.6) is 0 Å². The minimum atomic E-state index is -1.07. The Balaban J connectivity index is 1.85. The lowest BCUT2D eigenvalue weighted by Crippen LogP contribution is -2.61. The first kappa shape index (κ1) is 14.5. The molecule has 0 amide bonds. The third kappa shape index (κ3) is 2.55. The quantitative estimate of drug-likeness (QED) is 0.736. The molecule has 0 saturated carbocycles. The lowest BCUT2D eigenvalue weighted by molar-refractivity contribution is -0.159. The van der Waals surface area contributed by atoms with Gasteiger partial charge in [-0.15, -0.1) is 0 Å². The SMILES string of the molecule is O=C(O)[C@@H]1[C@H]2C=C[C@@H](N[C@H]2/C=C/c2ccccc2)[C@@H]1C(=O)O. The molecule has 1 aliphatic carbocycles. The number of aliphatic carboxylic acids is 2. The summed E-state index contributed by atoms with van der Waals surface area (Å²) in [5.41, 5.74) is 1.02. The Labute approximate surface area is 128 Å². The molecule has 2 bridgehead atoms. The minimum absolute atomic E-state index is 0.174. The summed E-state index contributed by atoms with van der Waals surface area (Å²) in [7, 11) is 0. The van der Waals surface area contributed by atoms with Crippen LogP contribution in [0.3, 0.4) is 0 Å². The highest BCUT2D eigenvalue weighted by Gasteiger charge is 2.51.